The van der Waals surface area contributed by atoms with Crippen molar-refractivity contribution in [3.8, 4) is 0 Å². The van der Waals surface area contributed by atoms with Gasteiger partial charge in [-0.05, 0) is 18.6 Å². The van der Waals surface area contributed by atoms with E-state index in [0.717, 1.165) is 13.1 Å². The van der Waals surface area contributed by atoms with E-state index >= 15 is 0 Å². The molecule has 1 aliphatic heterocycles. The lowest BCUT2D eigenvalue weighted by molar-refractivity contribution is 0.0735. The Kier molecular flexibility index (Phi) is 3.47. The largest absolute Gasteiger partial charge is 0.368 e. The Bertz CT molecular complexity index is 644. The van der Waals surface area contributed by atoms with Gasteiger partial charge in [0.15, 0.2) is 0 Å². The van der Waals surface area contributed by atoms with Crippen molar-refractivity contribution in [1.82, 2.24) is 20.1 Å². The Balaban J connectivity index is 1.65. The van der Waals surface area contributed by atoms with E-state index in [-0.39, 0.29) is 17.7 Å². The number of para-hydroxylation sites is 1. The second kappa shape index (κ2) is 5.43. The fourth-order valence-corrected chi connectivity index (χ4v) is 2.59. The van der Waals surface area contributed by atoms with Gasteiger partial charge in [-0.25, -0.2) is 0 Å². The van der Waals surface area contributed by atoms with Crippen LogP contribution in [-0.4, -0.2) is 52.2 Å². The van der Waals surface area contributed by atoms with Crippen molar-refractivity contribution in [3.63, 3.8) is 0 Å². The van der Waals surface area contributed by atoms with Gasteiger partial charge in [0.2, 0.25) is 11.8 Å². The van der Waals surface area contributed by atoms with E-state index in [1.807, 2.05) is 12.1 Å². The molecule has 1 saturated heterocycles. The number of carbonyl (C=O) groups excluding carboxylic acids is 1. The molecular weight excluding hydrogens is 268 g/mol. The van der Waals surface area contributed by atoms with Gasteiger partial charge in [0.1, 0.15) is 0 Å². The van der Waals surface area contributed by atoms with Crippen LogP contribution in [0.4, 0.5) is 11.6 Å². The first-order chi connectivity index (χ1) is 10.1. The molecule has 1 aromatic carbocycles. The number of nitrogen functional groups attached to an aromatic ring is 1. The topological polar surface area (TPSA) is 91.1 Å². The highest BCUT2D eigenvalue weighted by atomic mass is 16.2. The molecule has 7 nitrogen and oxygen atoms in total. The number of nitrogens with one attached hydrogen (secondary N) is 1. The number of aromatic amines is 1. The molecule has 0 atom stereocenters. The van der Waals surface area contributed by atoms with Crippen molar-refractivity contribution in [1.29, 1.82) is 0 Å². The van der Waals surface area contributed by atoms with Crippen LogP contribution in [0.5, 0.6) is 0 Å². The van der Waals surface area contributed by atoms with E-state index in [1.165, 1.54) is 11.3 Å². The lowest BCUT2D eigenvalue weighted by Gasteiger charge is -2.36. The zero-order valence-electron chi connectivity index (χ0n) is 11.9. The van der Waals surface area contributed by atoms with Crippen LogP contribution < -0.4 is 10.6 Å². The number of nitrogens with zero attached hydrogens (tertiary/aromatic N) is 4. The predicted octanol–water partition coefficient (Wildman–Crippen LogP) is 0.658. The normalized spacial score (nSPS) is 15.3. The maximum atomic E-state index is 12.2. The number of aryl methyl sites for hydroxylation is 1. The van der Waals surface area contributed by atoms with Crippen LogP contribution in [0, 0.1) is 6.92 Å². The van der Waals surface area contributed by atoms with Crippen molar-refractivity contribution in [2.45, 2.75) is 6.92 Å². The van der Waals surface area contributed by atoms with Gasteiger partial charge in [0, 0.05) is 31.9 Å². The van der Waals surface area contributed by atoms with Gasteiger partial charge in [-0.15, -0.1) is 5.10 Å². The SMILES string of the molecule is Cc1ccccc1N1CCN(C(=O)c2nc(N)n[nH]2)CC1. The van der Waals surface area contributed by atoms with Gasteiger partial charge in [-0.1, -0.05) is 18.2 Å². The first kappa shape index (κ1) is 13.4. The van der Waals surface area contributed by atoms with E-state index in [1.54, 1.807) is 4.90 Å². The lowest BCUT2D eigenvalue weighted by atomic mass is 10.1. The summed E-state index contributed by atoms with van der Waals surface area (Å²) in [5.74, 6) is 0.150. The van der Waals surface area contributed by atoms with E-state index < -0.39 is 0 Å². The highest BCUT2D eigenvalue weighted by Crippen LogP contribution is 2.21. The number of hydrogen-bond donors (Lipinski definition) is 2. The fourth-order valence-electron chi connectivity index (χ4n) is 2.59. The van der Waals surface area contributed by atoms with Crippen molar-refractivity contribution < 1.29 is 4.79 Å². The summed E-state index contributed by atoms with van der Waals surface area (Å²) in [5, 5.41) is 6.25. The molecule has 0 spiro atoms. The van der Waals surface area contributed by atoms with Crippen molar-refractivity contribution in [3.05, 3.63) is 35.7 Å². The molecule has 3 N–H and O–H groups in total. The van der Waals surface area contributed by atoms with Crippen LogP contribution >= 0.6 is 0 Å². The molecule has 0 saturated carbocycles. The maximum absolute atomic E-state index is 12.2. The Morgan fingerprint density at radius 2 is 1.95 bits per heavy atom. The molecule has 1 fully saturated rings. The molecule has 0 unspecified atom stereocenters. The molecule has 110 valence electrons. The smallest absolute Gasteiger partial charge is 0.291 e. The Labute approximate surface area is 122 Å². The molecule has 1 amide bonds. The van der Waals surface area contributed by atoms with E-state index in [4.69, 9.17) is 5.73 Å². The Hall–Kier alpha value is -2.57. The molecule has 0 radical (unpaired) electrons. The van der Waals surface area contributed by atoms with Gasteiger partial charge >= 0.3 is 0 Å². The lowest BCUT2D eigenvalue weighted by Crippen LogP contribution is -2.49. The molecule has 7 heteroatoms. The first-order valence-corrected chi connectivity index (χ1v) is 6.93. The molecular formula is C14H18N6O. The quantitative estimate of drug-likeness (QED) is 0.846. The number of rotatable bonds is 2. The van der Waals surface area contributed by atoms with E-state index in [0.29, 0.717) is 13.1 Å². The Morgan fingerprint density at radius 1 is 1.24 bits per heavy atom. The van der Waals surface area contributed by atoms with Crippen LogP contribution in [0.2, 0.25) is 0 Å². The summed E-state index contributed by atoms with van der Waals surface area (Å²) in [5.41, 5.74) is 7.91. The number of piperazine rings is 1. The summed E-state index contributed by atoms with van der Waals surface area (Å²) in [7, 11) is 0. The number of benzene rings is 1. The fraction of sp³-hybridized carbons (Fsp3) is 0.357. The zero-order valence-corrected chi connectivity index (χ0v) is 11.9. The van der Waals surface area contributed by atoms with E-state index in [2.05, 4.69) is 39.1 Å². The van der Waals surface area contributed by atoms with E-state index in [9.17, 15) is 4.79 Å². The molecule has 2 aromatic rings. The predicted molar refractivity (Wildman–Crippen MR) is 80.1 cm³/mol. The summed E-state index contributed by atoms with van der Waals surface area (Å²) in [6.07, 6.45) is 0. The highest BCUT2D eigenvalue weighted by Gasteiger charge is 2.24. The molecule has 0 bridgehead atoms. The van der Waals surface area contributed by atoms with Gasteiger partial charge in [-0.2, -0.15) is 4.98 Å². The summed E-state index contributed by atoms with van der Waals surface area (Å²) >= 11 is 0. The van der Waals surface area contributed by atoms with Crippen LogP contribution in [0.3, 0.4) is 0 Å². The third kappa shape index (κ3) is 2.67. The maximum Gasteiger partial charge on any atom is 0.291 e. The third-order valence-corrected chi connectivity index (χ3v) is 3.73. The number of nitrogens with two attached hydrogens (primary N) is 1. The summed E-state index contributed by atoms with van der Waals surface area (Å²) in [6, 6.07) is 8.29. The number of anilines is 2. The average Bonchev–Trinajstić information content (AvgIpc) is 2.94. The number of aromatic nitrogens is 3. The second-order valence-electron chi connectivity index (χ2n) is 5.11. The van der Waals surface area contributed by atoms with Crippen LogP contribution in [0.1, 0.15) is 16.2 Å². The van der Waals surface area contributed by atoms with Crippen LogP contribution in [-0.2, 0) is 0 Å². The molecule has 21 heavy (non-hydrogen) atoms. The van der Waals surface area contributed by atoms with Crippen molar-refractivity contribution in [2.75, 3.05) is 36.8 Å². The van der Waals surface area contributed by atoms with Crippen LogP contribution in [0.15, 0.2) is 24.3 Å². The number of hydrogen-bond acceptors (Lipinski definition) is 5. The highest BCUT2D eigenvalue weighted by molar-refractivity contribution is 5.90. The summed E-state index contributed by atoms with van der Waals surface area (Å²) in [4.78, 5) is 20.2. The first-order valence-electron chi connectivity index (χ1n) is 6.93. The monoisotopic (exact) mass is 286 g/mol. The molecule has 1 aromatic heterocycles. The number of carbonyl (C=O) groups is 1. The van der Waals surface area contributed by atoms with Gasteiger partial charge in [-0.3, -0.25) is 9.89 Å². The third-order valence-electron chi connectivity index (χ3n) is 3.73. The minimum absolute atomic E-state index is 0.0943. The molecule has 0 aliphatic carbocycles. The molecule has 2 heterocycles. The minimum Gasteiger partial charge on any atom is -0.368 e. The van der Waals surface area contributed by atoms with Gasteiger partial charge in [0.05, 0.1) is 0 Å². The summed E-state index contributed by atoms with van der Waals surface area (Å²) < 4.78 is 0. The minimum atomic E-state index is -0.149. The standard InChI is InChI=1S/C14H18N6O/c1-10-4-2-3-5-11(10)19-6-8-20(9-7-19)13(21)12-16-14(15)18-17-12/h2-5H,6-9H2,1H3,(H3,15,16,17,18). The number of amides is 1. The van der Waals surface area contributed by atoms with Gasteiger partial charge < -0.3 is 15.5 Å². The average molecular weight is 286 g/mol. The van der Waals surface area contributed by atoms with Crippen molar-refractivity contribution in [2.24, 2.45) is 0 Å². The van der Waals surface area contributed by atoms with Crippen molar-refractivity contribution >= 4 is 17.5 Å². The number of H-pyrrole nitrogens is 1. The van der Waals surface area contributed by atoms with Crippen LogP contribution in [0.25, 0.3) is 0 Å². The second-order valence-corrected chi connectivity index (χ2v) is 5.11. The molecule has 3 rings (SSSR count). The summed E-state index contributed by atoms with van der Waals surface area (Å²) in [6.45, 7) is 5.03. The Morgan fingerprint density at radius 3 is 2.57 bits per heavy atom. The zero-order chi connectivity index (χ0) is 14.8. The molecule has 1 aliphatic rings. The van der Waals surface area contributed by atoms with Gasteiger partial charge in [0.25, 0.3) is 5.91 Å².